The molecule has 0 radical (unpaired) electrons. The van der Waals surface area contributed by atoms with Crippen molar-refractivity contribution in [2.24, 2.45) is 0 Å². The number of ether oxygens (including phenoxy) is 1. The lowest BCUT2D eigenvalue weighted by Crippen LogP contribution is -1.97. The number of tetrazole rings is 1. The van der Waals surface area contributed by atoms with Crippen LogP contribution in [0.4, 0.5) is 0 Å². The van der Waals surface area contributed by atoms with E-state index in [9.17, 15) is 0 Å². The van der Waals surface area contributed by atoms with Crippen LogP contribution in [0.3, 0.4) is 0 Å². The maximum atomic E-state index is 5.47. The molecule has 1 aromatic heterocycles. The van der Waals surface area contributed by atoms with Crippen LogP contribution in [0.15, 0.2) is 22.7 Å². The zero-order chi connectivity index (χ0) is 10.7. The molecule has 15 heavy (non-hydrogen) atoms. The average molecular weight is 269 g/mol. The molecule has 0 amide bonds. The van der Waals surface area contributed by atoms with Gasteiger partial charge in [-0.2, -0.15) is 5.21 Å². The number of halogens is 1. The third kappa shape index (κ3) is 2.53. The van der Waals surface area contributed by atoms with E-state index < -0.39 is 0 Å². The van der Waals surface area contributed by atoms with Crippen LogP contribution in [0.25, 0.3) is 0 Å². The third-order valence-electron chi connectivity index (χ3n) is 1.90. The second-order valence-electron chi connectivity index (χ2n) is 3.03. The largest absolute Gasteiger partial charge is 0.485 e. The Hall–Kier alpha value is -1.43. The molecule has 0 atom stereocenters. The van der Waals surface area contributed by atoms with E-state index in [0.29, 0.717) is 12.4 Å². The number of hydrogen-bond acceptors (Lipinski definition) is 4. The van der Waals surface area contributed by atoms with Crippen LogP contribution >= 0.6 is 15.9 Å². The highest BCUT2D eigenvalue weighted by molar-refractivity contribution is 9.10. The summed E-state index contributed by atoms with van der Waals surface area (Å²) < 4.78 is 6.49. The molecule has 0 bridgehead atoms. The lowest BCUT2D eigenvalue weighted by Gasteiger charge is -2.04. The Bertz CT molecular complexity index is 443. The summed E-state index contributed by atoms with van der Waals surface area (Å²) in [5.74, 6) is 1.31. The van der Waals surface area contributed by atoms with Gasteiger partial charge in [0.2, 0.25) is 5.82 Å². The first-order valence-electron chi connectivity index (χ1n) is 4.37. The van der Waals surface area contributed by atoms with Gasteiger partial charge < -0.3 is 4.74 Å². The number of rotatable bonds is 3. The smallest absolute Gasteiger partial charge is 0.211 e. The second-order valence-corrected chi connectivity index (χ2v) is 3.88. The van der Waals surface area contributed by atoms with Gasteiger partial charge in [0.15, 0.2) is 6.61 Å². The Morgan fingerprint density at radius 2 is 2.33 bits per heavy atom. The molecular weight excluding hydrogens is 260 g/mol. The van der Waals surface area contributed by atoms with Crippen molar-refractivity contribution in [3.05, 3.63) is 34.1 Å². The third-order valence-corrected chi connectivity index (χ3v) is 2.75. The van der Waals surface area contributed by atoms with Crippen LogP contribution in [0.5, 0.6) is 5.75 Å². The fourth-order valence-corrected chi connectivity index (χ4v) is 1.41. The minimum Gasteiger partial charge on any atom is -0.485 e. The van der Waals surface area contributed by atoms with Crippen LogP contribution in [0.2, 0.25) is 0 Å². The maximum Gasteiger partial charge on any atom is 0.211 e. The molecular formula is C9H9BrN4O. The van der Waals surface area contributed by atoms with Crippen molar-refractivity contribution in [1.82, 2.24) is 20.6 Å². The number of nitrogens with one attached hydrogen (secondary N) is 1. The predicted octanol–water partition coefficient (Wildman–Crippen LogP) is 1.85. The van der Waals surface area contributed by atoms with Gasteiger partial charge in [0.1, 0.15) is 5.75 Å². The van der Waals surface area contributed by atoms with Gasteiger partial charge in [-0.05, 0) is 24.6 Å². The van der Waals surface area contributed by atoms with Gasteiger partial charge >= 0.3 is 0 Å². The first-order chi connectivity index (χ1) is 7.25. The number of aromatic amines is 1. The average Bonchev–Trinajstić information content (AvgIpc) is 2.73. The van der Waals surface area contributed by atoms with Crippen LogP contribution in [-0.4, -0.2) is 20.6 Å². The molecule has 6 heteroatoms. The van der Waals surface area contributed by atoms with Crippen molar-refractivity contribution in [2.75, 3.05) is 0 Å². The first-order valence-corrected chi connectivity index (χ1v) is 5.16. The molecule has 0 aliphatic rings. The Morgan fingerprint density at radius 1 is 1.47 bits per heavy atom. The van der Waals surface area contributed by atoms with Gasteiger partial charge in [-0.25, -0.2) is 0 Å². The van der Waals surface area contributed by atoms with Crippen LogP contribution in [0.1, 0.15) is 11.4 Å². The fourth-order valence-electron chi connectivity index (χ4n) is 1.05. The number of hydrogen-bond donors (Lipinski definition) is 1. The lowest BCUT2D eigenvalue weighted by molar-refractivity contribution is 0.295. The van der Waals surface area contributed by atoms with Crippen molar-refractivity contribution in [2.45, 2.75) is 13.5 Å². The van der Waals surface area contributed by atoms with Gasteiger partial charge in [0.05, 0.1) is 0 Å². The summed E-state index contributed by atoms with van der Waals surface area (Å²) in [7, 11) is 0. The van der Waals surface area contributed by atoms with Crippen molar-refractivity contribution in [3.8, 4) is 5.75 Å². The number of benzene rings is 1. The SMILES string of the molecule is Cc1ccc(OCc2nn[nH]n2)cc1Br. The molecule has 0 saturated heterocycles. The molecule has 78 valence electrons. The molecule has 2 rings (SSSR count). The maximum absolute atomic E-state index is 5.47. The first kappa shape index (κ1) is 10.1. The second kappa shape index (κ2) is 4.39. The normalized spacial score (nSPS) is 10.3. The summed E-state index contributed by atoms with van der Waals surface area (Å²) in [5, 5.41) is 13.4. The van der Waals surface area contributed by atoms with E-state index in [1.807, 2.05) is 25.1 Å². The van der Waals surface area contributed by atoms with Crippen molar-refractivity contribution >= 4 is 15.9 Å². The topological polar surface area (TPSA) is 63.7 Å². The lowest BCUT2D eigenvalue weighted by atomic mass is 10.2. The van der Waals surface area contributed by atoms with Gasteiger partial charge in [0, 0.05) is 4.47 Å². The Balaban J connectivity index is 2.02. The molecule has 1 N–H and O–H groups in total. The van der Waals surface area contributed by atoms with E-state index in [-0.39, 0.29) is 0 Å². The fraction of sp³-hybridized carbons (Fsp3) is 0.222. The summed E-state index contributed by atoms with van der Waals surface area (Å²) in [5.41, 5.74) is 1.17. The predicted molar refractivity (Wildman–Crippen MR) is 57.4 cm³/mol. The summed E-state index contributed by atoms with van der Waals surface area (Å²) in [6, 6.07) is 5.80. The van der Waals surface area contributed by atoms with Crippen LogP contribution < -0.4 is 4.74 Å². The Kier molecular flexibility index (Phi) is 2.96. The molecule has 0 aliphatic carbocycles. The van der Waals surface area contributed by atoms with Crippen molar-refractivity contribution < 1.29 is 4.74 Å². The molecule has 0 unspecified atom stereocenters. The molecule has 0 fully saturated rings. The number of nitrogens with zero attached hydrogens (tertiary/aromatic N) is 3. The van der Waals surface area contributed by atoms with Gasteiger partial charge in [-0.1, -0.05) is 27.2 Å². The molecule has 2 aromatic rings. The van der Waals surface area contributed by atoms with Crippen molar-refractivity contribution in [1.29, 1.82) is 0 Å². The van der Waals surface area contributed by atoms with Crippen LogP contribution in [0, 0.1) is 6.92 Å². The highest BCUT2D eigenvalue weighted by Crippen LogP contribution is 2.22. The van der Waals surface area contributed by atoms with E-state index in [1.165, 1.54) is 5.56 Å². The molecule has 0 saturated carbocycles. The standard InChI is InChI=1S/C9H9BrN4O/c1-6-2-3-7(4-8(6)10)15-5-9-11-13-14-12-9/h2-4H,5H2,1H3,(H,11,12,13,14). The minimum absolute atomic E-state index is 0.312. The molecule has 1 aromatic carbocycles. The summed E-state index contributed by atoms with van der Waals surface area (Å²) in [6.07, 6.45) is 0. The zero-order valence-corrected chi connectivity index (χ0v) is 9.65. The molecule has 0 aliphatic heterocycles. The van der Waals surface area contributed by atoms with Crippen LogP contribution in [-0.2, 0) is 6.61 Å². The van der Waals surface area contributed by atoms with E-state index in [0.717, 1.165) is 10.2 Å². The van der Waals surface area contributed by atoms with E-state index in [4.69, 9.17) is 4.74 Å². The summed E-state index contributed by atoms with van der Waals surface area (Å²) in [6.45, 7) is 2.33. The zero-order valence-electron chi connectivity index (χ0n) is 8.07. The minimum atomic E-state index is 0.312. The van der Waals surface area contributed by atoms with E-state index >= 15 is 0 Å². The molecule has 0 spiro atoms. The molecule has 1 heterocycles. The quantitative estimate of drug-likeness (QED) is 0.923. The number of H-pyrrole nitrogens is 1. The van der Waals surface area contributed by atoms with Gasteiger partial charge in [0.25, 0.3) is 0 Å². The van der Waals surface area contributed by atoms with Gasteiger partial charge in [-0.3, -0.25) is 0 Å². The monoisotopic (exact) mass is 268 g/mol. The number of aryl methyl sites for hydroxylation is 1. The highest BCUT2D eigenvalue weighted by Gasteiger charge is 2.01. The van der Waals surface area contributed by atoms with Crippen molar-refractivity contribution in [3.63, 3.8) is 0 Å². The molecule has 5 nitrogen and oxygen atoms in total. The Morgan fingerprint density at radius 3 is 3.00 bits per heavy atom. The number of aromatic nitrogens is 4. The Labute approximate surface area is 95.0 Å². The highest BCUT2D eigenvalue weighted by atomic mass is 79.9. The van der Waals surface area contributed by atoms with Gasteiger partial charge in [-0.15, -0.1) is 10.2 Å². The van der Waals surface area contributed by atoms with E-state index in [1.54, 1.807) is 0 Å². The summed E-state index contributed by atoms with van der Waals surface area (Å²) >= 11 is 3.44. The van der Waals surface area contributed by atoms with E-state index in [2.05, 4.69) is 36.6 Å². The summed E-state index contributed by atoms with van der Waals surface area (Å²) in [4.78, 5) is 0.